The number of Topliss-reactive ketones (excluding diaryl/α,β-unsaturated/α-hetero) is 1. The van der Waals surface area contributed by atoms with Crippen LogP contribution in [0.1, 0.15) is 107 Å². The molecule has 1 aliphatic rings. The van der Waals surface area contributed by atoms with Gasteiger partial charge >= 0.3 is 0 Å². The minimum Gasteiger partial charge on any atom is -0.494 e. The maximum Gasteiger partial charge on any atom is 0.165 e. The minimum atomic E-state index is -0.562. The van der Waals surface area contributed by atoms with E-state index in [1.807, 2.05) is 96.4 Å². The number of ketones is 1. The van der Waals surface area contributed by atoms with E-state index in [-0.39, 0.29) is 23.5 Å². The lowest BCUT2D eigenvalue weighted by atomic mass is 10.0. The number of halogens is 1. The number of hydrogen-bond acceptors (Lipinski definition) is 7. The van der Waals surface area contributed by atoms with Crippen LogP contribution in [0.4, 0.5) is 4.39 Å². The quantitative estimate of drug-likeness (QED) is 0.128. The molecule has 9 heteroatoms. The number of methoxy groups -OCH3 is 1. The van der Waals surface area contributed by atoms with E-state index in [0.29, 0.717) is 0 Å². The number of benzene rings is 2. The van der Waals surface area contributed by atoms with Crippen molar-refractivity contribution in [2.45, 2.75) is 100 Å². The van der Waals surface area contributed by atoms with Crippen LogP contribution in [0.3, 0.4) is 0 Å². The van der Waals surface area contributed by atoms with Gasteiger partial charge < -0.3 is 19.3 Å². The molecule has 2 unspecified atom stereocenters. The summed E-state index contributed by atoms with van der Waals surface area (Å²) < 4.78 is 35.2. The van der Waals surface area contributed by atoms with Crippen molar-refractivity contribution in [3.05, 3.63) is 83.1 Å². The standard InChI is InChI=1S/C16H20FN3O.C12H26O2S.C10H12O.C2H6/c1-12-16(20(3)10-8-18-12)19(2)9-7-13-5-6-15(21-4)14(17)11-13;1-3-9-14-10-7-5-6-8-12-15(13)11-4-2;1-7-4-5-10(9(3)11)8(2)6-7;1-2/h5-11,16H,1-4H3;3-12H2,1-2H3;4-6H,1-3H3;1-2H3/b9-7+;;;. The Morgan fingerprint density at radius 3 is 2.27 bits per heavy atom. The van der Waals surface area contributed by atoms with Crippen molar-refractivity contribution in [3.63, 3.8) is 0 Å². The highest BCUT2D eigenvalue weighted by Crippen LogP contribution is 2.19. The third kappa shape index (κ3) is 19.5. The molecule has 2 atom stereocenters. The van der Waals surface area contributed by atoms with E-state index in [1.165, 1.54) is 31.6 Å². The molecule has 0 amide bonds. The van der Waals surface area contributed by atoms with Crippen molar-refractivity contribution >= 4 is 28.4 Å². The molecule has 0 radical (unpaired) electrons. The third-order valence-electron chi connectivity index (χ3n) is 7.36. The maximum atomic E-state index is 13.6. The molecule has 1 heterocycles. The first kappa shape index (κ1) is 45.7. The Kier molecular flexibility index (Phi) is 25.7. The molecule has 49 heavy (non-hydrogen) atoms. The number of carbonyl (C=O) groups is 1. The van der Waals surface area contributed by atoms with Crippen molar-refractivity contribution < 1.29 is 22.9 Å². The molecule has 2 aromatic rings. The number of ether oxygens (including phenoxy) is 2. The van der Waals surface area contributed by atoms with Crippen LogP contribution in [-0.4, -0.2) is 77.6 Å². The summed E-state index contributed by atoms with van der Waals surface area (Å²) in [6.45, 7) is 17.6. The predicted octanol–water partition coefficient (Wildman–Crippen LogP) is 9.60. The first-order valence-electron chi connectivity index (χ1n) is 17.6. The van der Waals surface area contributed by atoms with Gasteiger partial charge in [-0.25, -0.2) is 4.39 Å². The van der Waals surface area contributed by atoms with Crippen molar-refractivity contribution in [2.75, 3.05) is 45.9 Å². The molecule has 276 valence electrons. The monoisotopic (exact) mass is 701 g/mol. The second-order valence-electron chi connectivity index (χ2n) is 11.7. The Bertz CT molecular complexity index is 1330. The van der Waals surface area contributed by atoms with Gasteiger partial charge in [0.25, 0.3) is 0 Å². The van der Waals surface area contributed by atoms with Crippen LogP contribution in [0.5, 0.6) is 5.75 Å². The third-order valence-corrected chi connectivity index (χ3v) is 8.96. The second-order valence-corrected chi connectivity index (χ2v) is 13.4. The van der Waals surface area contributed by atoms with Crippen molar-refractivity contribution in [1.29, 1.82) is 0 Å². The normalized spacial score (nSPS) is 14.0. The Balaban J connectivity index is 0.000000724. The summed E-state index contributed by atoms with van der Waals surface area (Å²) in [6, 6.07) is 10.8. The zero-order valence-electron chi connectivity index (χ0n) is 32.2. The highest BCUT2D eigenvalue weighted by molar-refractivity contribution is 7.84. The van der Waals surface area contributed by atoms with Gasteiger partial charge in [0, 0.05) is 73.8 Å². The van der Waals surface area contributed by atoms with Gasteiger partial charge in [-0.3, -0.25) is 14.0 Å². The molecule has 3 rings (SSSR count). The van der Waals surface area contributed by atoms with Crippen LogP contribution in [0.15, 0.2) is 60.0 Å². The lowest BCUT2D eigenvalue weighted by molar-refractivity contribution is 0.101. The zero-order valence-corrected chi connectivity index (χ0v) is 33.0. The zero-order chi connectivity index (χ0) is 37.2. The Labute approximate surface area is 300 Å². The highest BCUT2D eigenvalue weighted by atomic mass is 32.2. The smallest absolute Gasteiger partial charge is 0.165 e. The summed E-state index contributed by atoms with van der Waals surface area (Å²) in [5, 5.41) is 0. The van der Waals surface area contributed by atoms with E-state index >= 15 is 0 Å². The van der Waals surface area contributed by atoms with Crippen molar-refractivity contribution in [3.8, 4) is 5.75 Å². The van der Waals surface area contributed by atoms with Crippen LogP contribution >= 0.6 is 0 Å². The van der Waals surface area contributed by atoms with Crippen LogP contribution in [0.2, 0.25) is 0 Å². The van der Waals surface area contributed by atoms with Gasteiger partial charge in [0.1, 0.15) is 6.17 Å². The molecule has 0 aromatic heterocycles. The summed E-state index contributed by atoms with van der Waals surface area (Å²) in [7, 11) is 4.86. The Morgan fingerprint density at radius 1 is 1.00 bits per heavy atom. The lowest BCUT2D eigenvalue weighted by Crippen LogP contribution is -2.45. The number of nitrogens with zero attached hydrogens (tertiary/aromatic N) is 3. The molecular weight excluding hydrogens is 638 g/mol. The summed E-state index contributed by atoms with van der Waals surface area (Å²) in [5.41, 5.74) is 4.89. The fourth-order valence-electron chi connectivity index (χ4n) is 4.96. The summed E-state index contributed by atoms with van der Waals surface area (Å²) >= 11 is 0. The minimum absolute atomic E-state index is 0.0642. The number of hydrogen-bond donors (Lipinski definition) is 0. The van der Waals surface area contributed by atoms with Crippen LogP contribution in [0.25, 0.3) is 6.08 Å². The average molecular weight is 702 g/mol. The van der Waals surface area contributed by atoms with E-state index < -0.39 is 10.8 Å². The summed E-state index contributed by atoms with van der Waals surface area (Å²) in [6.07, 6.45) is 14.4. The molecular formula is C40H64FN3O4S. The van der Waals surface area contributed by atoms with Gasteiger partial charge in [-0.1, -0.05) is 70.4 Å². The van der Waals surface area contributed by atoms with Gasteiger partial charge in [0.05, 0.1) is 12.8 Å². The Hall–Kier alpha value is -3.30. The van der Waals surface area contributed by atoms with Crippen molar-refractivity contribution in [1.82, 2.24) is 9.80 Å². The van der Waals surface area contributed by atoms with E-state index in [0.717, 1.165) is 72.8 Å². The molecule has 0 N–H and O–H groups in total. The van der Waals surface area contributed by atoms with Crippen LogP contribution in [-0.2, 0) is 15.5 Å². The number of aliphatic imine (C=N–C) groups is 1. The predicted molar refractivity (Wildman–Crippen MR) is 209 cm³/mol. The molecule has 0 aliphatic carbocycles. The highest BCUT2D eigenvalue weighted by Gasteiger charge is 2.20. The van der Waals surface area contributed by atoms with Crippen LogP contribution < -0.4 is 4.74 Å². The van der Waals surface area contributed by atoms with Gasteiger partial charge in [-0.05, 0) is 82.7 Å². The van der Waals surface area contributed by atoms with Gasteiger partial charge in [-0.15, -0.1) is 0 Å². The number of carbonyl (C=O) groups excluding carboxylic acids is 1. The SMILES string of the molecule is CC.CC(=O)c1ccc(C)cc1C.CCCOCCCCCCS(=O)CCC.COc1ccc(/C=C/N(C)C2C(C)=NC=CN2C)cc1F. The Morgan fingerprint density at radius 2 is 1.69 bits per heavy atom. The number of unbranched alkanes of at least 4 members (excludes halogenated alkanes) is 3. The molecule has 1 aliphatic heterocycles. The maximum absolute atomic E-state index is 13.6. The first-order chi connectivity index (χ1) is 23.4. The van der Waals surface area contributed by atoms with E-state index in [9.17, 15) is 13.4 Å². The summed E-state index contributed by atoms with van der Waals surface area (Å²) in [5.74, 6) is 1.80. The molecule has 7 nitrogen and oxygen atoms in total. The van der Waals surface area contributed by atoms with Gasteiger partial charge in [0.2, 0.25) is 0 Å². The average Bonchev–Trinajstić information content (AvgIpc) is 3.06. The van der Waals surface area contributed by atoms with Crippen molar-refractivity contribution in [2.24, 2.45) is 4.99 Å². The van der Waals surface area contributed by atoms with Crippen LogP contribution in [0, 0.1) is 19.7 Å². The second kappa shape index (κ2) is 27.5. The number of aryl methyl sites for hydroxylation is 2. The fraction of sp³-hybridized carbons (Fsp3) is 0.550. The van der Waals surface area contributed by atoms with E-state index in [2.05, 4.69) is 23.7 Å². The molecule has 0 spiro atoms. The van der Waals surface area contributed by atoms with Gasteiger partial charge in [-0.2, -0.15) is 0 Å². The fourth-order valence-corrected chi connectivity index (χ4v) is 6.14. The topological polar surface area (TPSA) is 71.4 Å². The van der Waals surface area contributed by atoms with E-state index in [1.54, 1.807) is 19.2 Å². The molecule has 2 aromatic carbocycles. The molecule has 0 fully saturated rings. The number of rotatable bonds is 16. The lowest BCUT2D eigenvalue weighted by Gasteiger charge is -2.35. The van der Waals surface area contributed by atoms with E-state index in [4.69, 9.17) is 9.47 Å². The largest absolute Gasteiger partial charge is 0.494 e. The molecule has 0 saturated heterocycles. The summed E-state index contributed by atoms with van der Waals surface area (Å²) in [4.78, 5) is 19.4. The molecule has 0 saturated carbocycles. The molecule has 0 bridgehead atoms. The first-order valence-corrected chi connectivity index (χ1v) is 19.1. The van der Waals surface area contributed by atoms with Gasteiger partial charge in [0.15, 0.2) is 17.3 Å².